The number of hydrogen-bond acceptors (Lipinski definition) is 7. The molecule has 1 atom stereocenters. The zero-order valence-corrected chi connectivity index (χ0v) is 21.7. The topological polar surface area (TPSA) is 77.3 Å². The summed E-state index contributed by atoms with van der Waals surface area (Å²) < 4.78 is 52.5. The number of nitrogens with zero attached hydrogens (tertiary/aromatic N) is 5. The first kappa shape index (κ1) is 26.4. The lowest BCUT2D eigenvalue weighted by atomic mass is 10.0. The highest BCUT2D eigenvalue weighted by Gasteiger charge is 2.37. The third kappa shape index (κ3) is 6.10. The molecule has 0 bridgehead atoms. The van der Waals surface area contributed by atoms with E-state index < -0.39 is 12.0 Å². The molecule has 1 unspecified atom stereocenters. The molecular weight excluding hydrogens is 497 g/mol. The highest BCUT2D eigenvalue weighted by molar-refractivity contribution is 5.58. The number of hydrogen-bond donors (Lipinski definition) is 1. The SMILES string of the molecule is COCCOc1cc(C)cc(-n2nc(C(F)(F)F)nc2Nc2ccc3c(c2)CCC(N2CCCC2)CC3)n1. The largest absolute Gasteiger partial charge is 0.475 e. The van der Waals surface area contributed by atoms with Gasteiger partial charge < -0.3 is 19.7 Å². The van der Waals surface area contributed by atoms with E-state index in [1.165, 1.54) is 37.1 Å². The number of methoxy groups -OCH3 is 1. The molecule has 38 heavy (non-hydrogen) atoms. The molecular formula is C27H33F3N6O2. The fourth-order valence-electron chi connectivity index (χ4n) is 5.27. The zero-order valence-electron chi connectivity index (χ0n) is 21.7. The Morgan fingerprint density at radius 2 is 1.76 bits per heavy atom. The Bertz CT molecular complexity index is 1260. The van der Waals surface area contributed by atoms with Gasteiger partial charge in [-0.1, -0.05) is 6.07 Å². The van der Waals surface area contributed by atoms with Crippen molar-refractivity contribution in [2.75, 3.05) is 38.7 Å². The van der Waals surface area contributed by atoms with Crippen LogP contribution in [-0.2, 0) is 23.8 Å². The Morgan fingerprint density at radius 1 is 1.00 bits per heavy atom. The van der Waals surface area contributed by atoms with E-state index in [1.54, 1.807) is 19.2 Å². The summed E-state index contributed by atoms with van der Waals surface area (Å²) in [6, 6.07) is 9.92. The van der Waals surface area contributed by atoms with E-state index in [0.717, 1.165) is 35.9 Å². The first-order chi connectivity index (χ1) is 18.3. The number of rotatable bonds is 8. The van der Waals surface area contributed by atoms with Crippen molar-refractivity contribution in [3.05, 3.63) is 52.8 Å². The molecule has 11 heteroatoms. The van der Waals surface area contributed by atoms with Crippen LogP contribution in [0.2, 0.25) is 0 Å². The lowest BCUT2D eigenvalue weighted by molar-refractivity contribution is -0.144. The van der Waals surface area contributed by atoms with Crippen LogP contribution in [0.25, 0.3) is 5.82 Å². The van der Waals surface area contributed by atoms with Crippen LogP contribution in [0, 0.1) is 6.92 Å². The zero-order chi connectivity index (χ0) is 26.7. The quantitative estimate of drug-likeness (QED) is 0.321. The molecule has 1 saturated heterocycles. The van der Waals surface area contributed by atoms with Gasteiger partial charge in [-0.2, -0.15) is 27.8 Å². The van der Waals surface area contributed by atoms with Gasteiger partial charge in [0, 0.05) is 24.9 Å². The molecule has 5 rings (SSSR count). The maximum Gasteiger partial charge on any atom is 0.453 e. The fraction of sp³-hybridized carbons (Fsp3) is 0.519. The third-order valence-electron chi connectivity index (χ3n) is 7.16. The predicted octanol–water partition coefficient (Wildman–Crippen LogP) is 5.10. The summed E-state index contributed by atoms with van der Waals surface area (Å²) >= 11 is 0. The molecule has 3 heterocycles. The molecule has 2 aliphatic rings. The van der Waals surface area contributed by atoms with Gasteiger partial charge in [0.05, 0.1) is 6.61 Å². The Labute approximate surface area is 220 Å². The van der Waals surface area contributed by atoms with Gasteiger partial charge in [0.1, 0.15) is 6.61 Å². The van der Waals surface area contributed by atoms with E-state index in [4.69, 9.17) is 9.47 Å². The molecule has 0 saturated carbocycles. The van der Waals surface area contributed by atoms with Crippen LogP contribution in [0.5, 0.6) is 5.88 Å². The van der Waals surface area contributed by atoms with Crippen molar-refractivity contribution in [1.82, 2.24) is 24.6 Å². The molecule has 1 N–H and O–H groups in total. The maximum absolute atomic E-state index is 13.6. The van der Waals surface area contributed by atoms with Crippen LogP contribution in [0.4, 0.5) is 24.8 Å². The number of pyridine rings is 1. The predicted molar refractivity (Wildman–Crippen MR) is 137 cm³/mol. The summed E-state index contributed by atoms with van der Waals surface area (Å²) in [6.07, 6.45) is 2.00. The van der Waals surface area contributed by atoms with Crippen molar-refractivity contribution in [2.45, 2.75) is 57.7 Å². The van der Waals surface area contributed by atoms with E-state index >= 15 is 0 Å². The number of likely N-dealkylation sites (tertiary alicyclic amines) is 1. The van der Waals surface area contributed by atoms with Gasteiger partial charge in [-0.3, -0.25) is 0 Å². The number of anilines is 2. The van der Waals surface area contributed by atoms with Crippen molar-refractivity contribution in [1.29, 1.82) is 0 Å². The van der Waals surface area contributed by atoms with Gasteiger partial charge in [0.2, 0.25) is 11.8 Å². The Kier molecular flexibility index (Phi) is 7.85. The molecule has 1 fully saturated rings. The number of fused-ring (bicyclic) bond motifs is 1. The molecule has 1 aliphatic heterocycles. The second-order valence-corrected chi connectivity index (χ2v) is 9.93. The first-order valence-corrected chi connectivity index (χ1v) is 13.1. The van der Waals surface area contributed by atoms with Crippen LogP contribution in [0.3, 0.4) is 0 Å². The Balaban J connectivity index is 1.41. The average molecular weight is 531 g/mol. The highest BCUT2D eigenvalue weighted by atomic mass is 19.4. The number of halogens is 3. The Hall–Kier alpha value is -3.18. The van der Waals surface area contributed by atoms with Gasteiger partial charge in [0.25, 0.3) is 5.82 Å². The average Bonchev–Trinajstić information content (AvgIpc) is 3.51. The minimum absolute atomic E-state index is 0.0678. The number of nitrogens with one attached hydrogen (secondary N) is 1. The van der Waals surface area contributed by atoms with Gasteiger partial charge in [-0.15, -0.1) is 5.10 Å². The second-order valence-electron chi connectivity index (χ2n) is 9.93. The Morgan fingerprint density at radius 3 is 2.50 bits per heavy atom. The van der Waals surface area contributed by atoms with Crippen molar-refractivity contribution < 1.29 is 22.6 Å². The van der Waals surface area contributed by atoms with Gasteiger partial charge >= 0.3 is 6.18 Å². The second kappa shape index (κ2) is 11.3. The lowest BCUT2D eigenvalue weighted by Crippen LogP contribution is -2.32. The molecule has 1 aromatic carbocycles. The molecule has 2 aromatic heterocycles. The monoisotopic (exact) mass is 530 g/mol. The molecule has 3 aromatic rings. The van der Waals surface area contributed by atoms with E-state index in [0.29, 0.717) is 18.3 Å². The van der Waals surface area contributed by atoms with E-state index in [1.807, 2.05) is 19.1 Å². The minimum atomic E-state index is -4.71. The summed E-state index contributed by atoms with van der Waals surface area (Å²) in [5, 5.41) is 6.82. The number of aryl methyl sites for hydroxylation is 3. The van der Waals surface area contributed by atoms with Gasteiger partial charge in [0.15, 0.2) is 5.82 Å². The van der Waals surface area contributed by atoms with Gasteiger partial charge in [-0.05, 0) is 93.4 Å². The van der Waals surface area contributed by atoms with Crippen LogP contribution >= 0.6 is 0 Å². The molecule has 204 valence electrons. The first-order valence-electron chi connectivity index (χ1n) is 13.1. The molecule has 0 spiro atoms. The number of aromatic nitrogens is 4. The minimum Gasteiger partial charge on any atom is -0.475 e. The smallest absolute Gasteiger partial charge is 0.453 e. The molecule has 0 radical (unpaired) electrons. The summed E-state index contributed by atoms with van der Waals surface area (Å²) in [6.45, 7) is 4.78. The summed E-state index contributed by atoms with van der Waals surface area (Å²) in [4.78, 5) is 10.8. The summed E-state index contributed by atoms with van der Waals surface area (Å²) in [7, 11) is 1.55. The fourth-order valence-corrected chi connectivity index (χ4v) is 5.27. The number of benzene rings is 1. The maximum atomic E-state index is 13.6. The molecule has 8 nitrogen and oxygen atoms in total. The van der Waals surface area contributed by atoms with Crippen molar-refractivity contribution in [3.8, 4) is 11.7 Å². The standard InChI is InChI=1S/C27H33F3N6O2/c1-18-15-23(32-24(16-18)38-14-13-37-2)36-26(33-25(34-36)27(28,29)30)31-21-8-5-19-6-9-22(10-7-20(19)17-21)35-11-3-4-12-35/h5,8,15-17,22H,3-4,6-7,9-14H2,1-2H3,(H,31,33,34). The van der Waals surface area contributed by atoms with E-state index in [-0.39, 0.29) is 24.3 Å². The van der Waals surface area contributed by atoms with Crippen LogP contribution < -0.4 is 10.1 Å². The summed E-state index contributed by atoms with van der Waals surface area (Å²) in [5.41, 5.74) is 3.94. The molecule has 1 aliphatic carbocycles. The lowest BCUT2D eigenvalue weighted by Gasteiger charge is -2.25. The highest BCUT2D eigenvalue weighted by Crippen LogP contribution is 2.32. The van der Waals surface area contributed by atoms with E-state index in [9.17, 15) is 13.2 Å². The summed E-state index contributed by atoms with van der Waals surface area (Å²) in [5.74, 6) is -0.870. The van der Waals surface area contributed by atoms with Crippen LogP contribution in [0.15, 0.2) is 30.3 Å². The van der Waals surface area contributed by atoms with Crippen molar-refractivity contribution >= 4 is 11.6 Å². The normalized spacial score (nSPS) is 18.3. The number of alkyl halides is 3. The van der Waals surface area contributed by atoms with Crippen LogP contribution in [-0.4, -0.2) is 64.1 Å². The molecule has 0 amide bonds. The third-order valence-corrected chi connectivity index (χ3v) is 7.16. The van der Waals surface area contributed by atoms with E-state index in [2.05, 4.69) is 31.3 Å². The number of ether oxygens (including phenoxy) is 2. The van der Waals surface area contributed by atoms with Crippen LogP contribution in [0.1, 0.15) is 48.2 Å². The van der Waals surface area contributed by atoms with Gasteiger partial charge in [-0.25, -0.2) is 0 Å². The van der Waals surface area contributed by atoms with Crippen molar-refractivity contribution in [2.24, 2.45) is 0 Å². The van der Waals surface area contributed by atoms with Crippen molar-refractivity contribution in [3.63, 3.8) is 0 Å².